The van der Waals surface area contributed by atoms with Crippen LogP contribution in [-0.2, 0) is 0 Å². The summed E-state index contributed by atoms with van der Waals surface area (Å²) in [6.45, 7) is 1.16. The standard InChI is InChI=1S/C11H13IN2O2/c12-9-4-8(5-13-6-9)11(16)14-3-1-2-10(15)7-14/h4-6,10,15H,1-3,7H2. The van der Waals surface area contributed by atoms with Crippen molar-refractivity contribution in [3.8, 4) is 0 Å². The van der Waals surface area contributed by atoms with Crippen LogP contribution in [0, 0.1) is 3.57 Å². The van der Waals surface area contributed by atoms with E-state index < -0.39 is 0 Å². The summed E-state index contributed by atoms with van der Waals surface area (Å²) in [4.78, 5) is 17.8. The van der Waals surface area contributed by atoms with Crippen molar-refractivity contribution in [3.05, 3.63) is 27.6 Å². The molecule has 1 fully saturated rings. The summed E-state index contributed by atoms with van der Waals surface area (Å²) in [6.07, 6.45) is 4.56. The summed E-state index contributed by atoms with van der Waals surface area (Å²) in [6, 6.07) is 1.82. The number of rotatable bonds is 1. The maximum atomic E-state index is 12.1. The second kappa shape index (κ2) is 5.09. The molecule has 5 heteroatoms. The fourth-order valence-corrected chi connectivity index (χ4v) is 2.35. The third-order valence-electron chi connectivity index (χ3n) is 2.64. The number of pyridine rings is 1. The van der Waals surface area contributed by atoms with Crippen LogP contribution in [0.15, 0.2) is 18.5 Å². The lowest BCUT2D eigenvalue weighted by Gasteiger charge is -2.30. The zero-order chi connectivity index (χ0) is 11.5. The molecule has 0 saturated carbocycles. The Morgan fingerprint density at radius 1 is 1.56 bits per heavy atom. The van der Waals surface area contributed by atoms with Gasteiger partial charge in [-0.2, -0.15) is 0 Å². The number of hydrogen-bond donors (Lipinski definition) is 1. The highest BCUT2D eigenvalue weighted by Gasteiger charge is 2.23. The van der Waals surface area contributed by atoms with Gasteiger partial charge in [-0.3, -0.25) is 9.78 Å². The summed E-state index contributed by atoms with van der Waals surface area (Å²) in [5, 5.41) is 9.52. The van der Waals surface area contributed by atoms with Crippen molar-refractivity contribution in [2.75, 3.05) is 13.1 Å². The highest BCUT2D eigenvalue weighted by Crippen LogP contribution is 2.14. The van der Waals surface area contributed by atoms with Crippen molar-refractivity contribution >= 4 is 28.5 Å². The summed E-state index contributed by atoms with van der Waals surface area (Å²) >= 11 is 2.13. The topological polar surface area (TPSA) is 53.4 Å². The molecule has 1 aromatic heterocycles. The average molecular weight is 332 g/mol. The Morgan fingerprint density at radius 3 is 3.06 bits per heavy atom. The molecule has 1 atom stereocenters. The molecule has 1 saturated heterocycles. The second-order valence-electron chi connectivity index (χ2n) is 3.94. The van der Waals surface area contributed by atoms with Crippen LogP contribution in [-0.4, -0.2) is 40.1 Å². The molecule has 0 radical (unpaired) electrons. The molecule has 1 aliphatic heterocycles. The van der Waals surface area contributed by atoms with E-state index in [-0.39, 0.29) is 12.0 Å². The zero-order valence-electron chi connectivity index (χ0n) is 8.77. The summed E-state index contributed by atoms with van der Waals surface area (Å²) in [5.41, 5.74) is 0.598. The number of amides is 1. The molecular formula is C11H13IN2O2. The number of aromatic nitrogens is 1. The van der Waals surface area contributed by atoms with Gasteiger partial charge < -0.3 is 10.0 Å². The first-order valence-electron chi connectivity index (χ1n) is 5.24. The van der Waals surface area contributed by atoms with Gasteiger partial charge in [-0.15, -0.1) is 0 Å². The Kier molecular flexibility index (Phi) is 3.75. The van der Waals surface area contributed by atoms with Crippen LogP contribution >= 0.6 is 22.6 Å². The van der Waals surface area contributed by atoms with Crippen molar-refractivity contribution in [1.82, 2.24) is 9.88 Å². The molecule has 1 aromatic rings. The van der Waals surface area contributed by atoms with Crippen LogP contribution in [0.5, 0.6) is 0 Å². The molecule has 0 bridgehead atoms. The Bertz CT molecular complexity index is 397. The molecule has 0 aliphatic carbocycles. The molecule has 4 nitrogen and oxygen atoms in total. The average Bonchev–Trinajstić information content (AvgIpc) is 2.28. The minimum absolute atomic E-state index is 0.0373. The molecule has 1 amide bonds. The van der Waals surface area contributed by atoms with E-state index in [1.807, 2.05) is 6.07 Å². The SMILES string of the molecule is O=C(c1cncc(I)c1)N1CCCC(O)C1. The number of carbonyl (C=O) groups excluding carboxylic acids is 1. The highest BCUT2D eigenvalue weighted by atomic mass is 127. The fourth-order valence-electron chi connectivity index (χ4n) is 1.85. The van der Waals surface area contributed by atoms with Gasteiger partial charge in [0.15, 0.2) is 0 Å². The molecule has 86 valence electrons. The number of likely N-dealkylation sites (tertiary alicyclic amines) is 1. The number of carbonyl (C=O) groups is 1. The molecule has 2 rings (SSSR count). The zero-order valence-corrected chi connectivity index (χ0v) is 10.9. The van der Waals surface area contributed by atoms with Gasteiger partial charge in [-0.25, -0.2) is 0 Å². The van der Waals surface area contributed by atoms with Gasteiger partial charge >= 0.3 is 0 Å². The fraction of sp³-hybridized carbons (Fsp3) is 0.455. The van der Waals surface area contributed by atoms with Crippen LogP contribution in [0.2, 0.25) is 0 Å². The highest BCUT2D eigenvalue weighted by molar-refractivity contribution is 14.1. The monoisotopic (exact) mass is 332 g/mol. The number of aliphatic hydroxyl groups excluding tert-OH is 1. The maximum Gasteiger partial charge on any atom is 0.255 e. The van der Waals surface area contributed by atoms with Gasteiger partial charge in [0.2, 0.25) is 0 Å². The van der Waals surface area contributed by atoms with Crippen LogP contribution in [0.3, 0.4) is 0 Å². The summed E-state index contributed by atoms with van der Waals surface area (Å²) in [7, 11) is 0. The van der Waals surface area contributed by atoms with E-state index in [1.54, 1.807) is 17.3 Å². The van der Waals surface area contributed by atoms with Crippen molar-refractivity contribution in [3.63, 3.8) is 0 Å². The third-order valence-corrected chi connectivity index (χ3v) is 3.23. The molecule has 1 aliphatic rings. The van der Waals surface area contributed by atoms with E-state index >= 15 is 0 Å². The van der Waals surface area contributed by atoms with Crippen LogP contribution < -0.4 is 0 Å². The van der Waals surface area contributed by atoms with Gasteiger partial charge in [0.25, 0.3) is 5.91 Å². The van der Waals surface area contributed by atoms with Crippen molar-refractivity contribution in [2.45, 2.75) is 18.9 Å². The second-order valence-corrected chi connectivity index (χ2v) is 5.18. The largest absolute Gasteiger partial charge is 0.391 e. The Balaban J connectivity index is 2.12. The van der Waals surface area contributed by atoms with Crippen molar-refractivity contribution in [1.29, 1.82) is 0 Å². The number of nitrogens with zero attached hydrogens (tertiary/aromatic N) is 2. The van der Waals surface area contributed by atoms with Crippen LogP contribution in [0.4, 0.5) is 0 Å². The first-order chi connectivity index (χ1) is 7.66. The number of hydrogen-bond acceptors (Lipinski definition) is 3. The van der Waals surface area contributed by atoms with Gasteiger partial charge in [0, 0.05) is 29.1 Å². The van der Waals surface area contributed by atoms with Gasteiger partial charge in [-0.05, 0) is 41.5 Å². The smallest absolute Gasteiger partial charge is 0.255 e. The van der Waals surface area contributed by atoms with Crippen molar-refractivity contribution in [2.24, 2.45) is 0 Å². The minimum Gasteiger partial charge on any atom is -0.391 e. The molecule has 16 heavy (non-hydrogen) atoms. The normalized spacial score (nSPS) is 20.9. The van der Waals surface area contributed by atoms with E-state index in [1.165, 1.54) is 0 Å². The first kappa shape index (κ1) is 11.8. The lowest BCUT2D eigenvalue weighted by Crippen LogP contribution is -2.42. The van der Waals surface area contributed by atoms with E-state index in [0.29, 0.717) is 12.1 Å². The number of piperidine rings is 1. The van der Waals surface area contributed by atoms with Gasteiger partial charge in [0.1, 0.15) is 0 Å². The quantitative estimate of drug-likeness (QED) is 0.789. The van der Waals surface area contributed by atoms with E-state index in [2.05, 4.69) is 27.6 Å². The predicted molar refractivity (Wildman–Crippen MR) is 68.1 cm³/mol. The molecule has 0 spiro atoms. The third kappa shape index (κ3) is 2.70. The Hall–Kier alpha value is -0.690. The maximum absolute atomic E-state index is 12.1. The Labute approximate surface area is 108 Å². The number of aliphatic hydroxyl groups is 1. The van der Waals surface area contributed by atoms with E-state index in [9.17, 15) is 9.90 Å². The first-order valence-corrected chi connectivity index (χ1v) is 6.32. The lowest BCUT2D eigenvalue weighted by atomic mass is 10.1. The molecular weight excluding hydrogens is 319 g/mol. The van der Waals surface area contributed by atoms with Crippen molar-refractivity contribution < 1.29 is 9.90 Å². The van der Waals surface area contributed by atoms with E-state index in [0.717, 1.165) is 23.0 Å². The summed E-state index contributed by atoms with van der Waals surface area (Å²) in [5.74, 6) is -0.0373. The molecule has 0 aromatic carbocycles. The predicted octanol–water partition coefficient (Wildman–Crippen LogP) is 1.28. The van der Waals surface area contributed by atoms with E-state index in [4.69, 9.17) is 0 Å². The van der Waals surface area contributed by atoms with Gasteiger partial charge in [-0.1, -0.05) is 0 Å². The Morgan fingerprint density at radius 2 is 2.38 bits per heavy atom. The lowest BCUT2D eigenvalue weighted by molar-refractivity contribution is 0.0473. The van der Waals surface area contributed by atoms with Crippen LogP contribution in [0.1, 0.15) is 23.2 Å². The van der Waals surface area contributed by atoms with Crippen LogP contribution in [0.25, 0.3) is 0 Å². The van der Waals surface area contributed by atoms with Gasteiger partial charge in [0.05, 0.1) is 11.7 Å². The minimum atomic E-state index is -0.381. The number of β-amino-alcohol motifs (C(OH)–C–C–N with tert-alkyl or cyclic N) is 1. The molecule has 1 unspecified atom stereocenters. The molecule has 1 N–H and O–H groups in total. The number of halogens is 1. The molecule has 2 heterocycles. The summed E-state index contributed by atoms with van der Waals surface area (Å²) < 4.78 is 0.945.